The van der Waals surface area contributed by atoms with Crippen LogP contribution in [0.3, 0.4) is 0 Å². The Balaban J connectivity index is 0.000000430. The number of alkyl halides is 9. The predicted molar refractivity (Wildman–Crippen MR) is 145 cm³/mol. The number of carboxylic acid groups (broad SMARTS) is 3. The summed E-state index contributed by atoms with van der Waals surface area (Å²) >= 11 is 0. The van der Waals surface area contributed by atoms with Gasteiger partial charge < -0.3 is 30.3 Å². The minimum absolute atomic E-state index is 0.0300. The van der Waals surface area contributed by atoms with Gasteiger partial charge in [-0.1, -0.05) is 31.2 Å². The number of nitrogens with zero attached hydrogens (tertiary/aromatic N) is 2. The van der Waals surface area contributed by atoms with Gasteiger partial charge in [0.1, 0.15) is 11.4 Å². The van der Waals surface area contributed by atoms with Crippen molar-refractivity contribution in [2.45, 2.75) is 69.8 Å². The smallest absolute Gasteiger partial charge is 0.487 e. The molecule has 0 bridgehead atoms. The molecular formula is C28H32F9N3O7. The zero-order chi connectivity index (χ0) is 36.2. The van der Waals surface area contributed by atoms with Gasteiger partial charge in [0.15, 0.2) is 0 Å². The number of rotatable bonds is 4. The van der Waals surface area contributed by atoms with Crippen LogP contribution < -0.4 is 10.1 Å². The molecule has 2 aliphatic heterocycles. The lowest BCUT2D eigenvalue weighted by Gasteiger charge is -2.47. The molecule has 2 aromatic rings. The normalized spacial score (nSPS) is 17.2. The van der Waals surface area contributed by atoms with Crippen molar-refractivity contribution in [1.29, 1.82) is 0 Å². The Hall–Kier alpha value is -4.13. The van der Waals surface area contributed by atoms with Gasteiger partial charge in [0.05, 0.1) is 5.69 Å². The van der Waals surface area contributed by atoms with E-state index in [0.717, 1.165) is 62.6 Å². The summed E-state index contributed by atoms with van der Waals surface area (Å²) in [6.45, 7) is 8.47. The topological polar surface area (TPSA) is 149 Å². The van der Waals surface area contributed by atoms with E-state index in [1.807, 2.05) is 13.0 Å². The maximum absolute atomic E-state index is 10.6. The van der Waals surface area contributed by atoms with E-state index in [1.54, 1.807) is 0 Å². The molecule has 1 fully saturated rings. The first kappa shape index (κ1) is 40.9. The number of para-hydroxylation sites is 1. The van der Waals surface area contributed by atoms with Gasteiger partial charge in [0.25, 0.3) is 0 Å². The molecule has 19 heteroatoms. The van der Waals surface area contributed by atoms with E-state index >= 15 is 0 Å². The van der Waals surface area contributed by atoms with E-state index in [2.05, 4.69) is 58.5 Å². The van der Waals surface area contributed by atoms with Gasteiger partial charge in [0.2, 0.25) is 0 Å². The van der Waals surface area contributed by atoms with Crippen LogP contribution in [0.5, 0.6) is 5.75 Å². The van der Waals surface area contributed by atoms with Gasteiger partial charge in [-0.15, -0.1) is 0 Å². The minimum atomic E-state index is -5.08. The van der Waals surface area contributed by atoms with E-state index in [4.69, 9.17) is 34.4 Å². The predicted octanol–water partition coefficient (Wildman–Crippen LogP) is 5.76. The quantitative estimate of drug-likeness (QED) is 0.292. The Morgan fingerprint density at radius 1 is 0.851 bits per heavy atom. The SMILES string of the molecule is CCN1CCC2(CC1)CC(NCc1cccc(C)n1)c1ccccc1O2.O=C(O)C(F)(F)F.O=C(O)C(F)(F)F.O=C(O)C(F)(F)F. The van der Waals surface area contributed by atoms with Crippen molar-refractivity contribution >= 4 is 17.9 Å². The molecule has 1 spiro atoms. The molecule has 10 nitrogen and oxygen atoms in total. The first-order valence-electron chi connectivity index (χ1n) is 13.6. The monoisotopic (exact) mass is 693 g/mol. The standard InChI is InChI=1S/C22H29N3O.3C2HF3O2/c1-3-25-13-11-22(12-14-25)15-20(19-9-4-5-10-21(19)26-22)23-16-18-8-6-7-17(2)24-18;3*3-2(4,5)1(6)7/h4-10,20,23H,3,11-16H2,1-2H3;3*(H,6,7). The number of fused-ring (bicyclic) bond motifs is 1. The Morgan fingerprint density at radius 2 is 1.32 bits per heavy atom. The molecule has 47 heavy (non-hydrogen) atoms. The van der Waals surface area contributed by atoms with E-state index in [9.17, 15) is 39.5 Å². The summed E-state index contributed by atoms with van der Waals surface area (Å²) in [5.74, 6) is -7.22. The molecule has 2 aliphatic rings. The van der Waals surface area contributed by atoms with Crippen molar-refractivity contribution in [3.05, 3.63) is 59.4 Å². The lowest BCUT2D eigenvalue weighted by Crippen LogP contribution is -2.51. The Morgan fingerprint density at radius 3 is 1.74 bits per heavy atom. The van der Waals surface area contributed by atoms with Crippen LogP contribution in [-0.4, -0.2) is 86.9 Å². The molecule has 1 unspecified atom stereocenters. The van der Waals surface area contributed by atoms with Gasteiger partial charge >= 0.3 is 36.4 Å². The van der Waals surface area contributed by atoms with Crippen LogP contribution in [0.4, 0.5) is 39.5 Å². The summed E-state index contributed by atoms with van der Waals surface area (Å²) in [5, 5.41) is 25.1. The fourth-order valence-electron chi connectivity index (χ4n) is 4.31. The van der Waals surface area contributed by atoms with Crippen molar-refractivity contribution in [2.24, 2.45) is 0 Å². The van der Waals surface area contributed by atoms with E-state index in [1.165, 1.54) is 5.56 Å². The fraction of sp³-hybridized carbons (Fsp3) is 0.500. The van der Waals surface area contributed by atoms with Gasteiger partial charge in [-0.25, -0.2) is 14.4 Å². The van der Waals surface area contributed by atoms with Gasteiger partial charge in [0, 0.05) is 43.4 Å². The lowest BCUT2D eigenvalue weighted by molar-refractivity contribution is -0.193. The highest BCUT2D eigenvalue weighted by atomic mass is 19.4. The molecule has 0 saturated carbocycles. The second kappa shape index (κ2) is 17.1. The molecule has 3 heterocycles. The molecule has 1 saturated heterocycles. The summed E-state index contributed by atoms with van der Waals surface area (Å²) < 4.78 is 102. The van der Waals surface area contributed by atoms with Crippen LogP contribution in [0.2, 0.25) is 0 Å². The molecule has 264 valence electrons. The van der Waals surface area contributed by atoms with Crippen LogP contribution >= 0.6 is 0 Å². The van der Waals surface area contributed by atoms with Crippen molar-refractivity contribution < 1.29 is 74.0 Å². The van der Waals surface area contributed by atoms with Crippen molar-refractivity contribution in [1.82, 2.24) is 15.2 Å². The number of aromatic nitrogens is 1. The van der Waals surface area contributed by atoms with Gasteiger partial charge in [-0.2, -0.15) is 39.5 Å². The molecular weight excluding hydrogens is 661 g/mol. The Labute approximate surface area is 262 Å². The summed E-state index contributed by atoms with van der Waals surface area (Å²) in [6.07, 6.45) is -12.0. The van der Waals surface area contributed by atoms with E-state index in [-0.39, 0.29) is 5.60 Å². The number of pyridine rings is 1. The third kappa shape index (κ3) is 14.4. The summed E-state index contributed by atoms with van der Waals surface area (Å²) in [7, 11) is 0. The average Bonchev–Trinajstić information content (AvgIpc) is 2.96. The number of carbonyl (C=O) groups is 3. The third-order valence-electron chi connectivity index (χ3n) is 6.61. The molecule has 1 atom stereocenters. The molecule has 0 amide bonds. The molecule has 0 radical (unpaired) electrons. The molecule has 1 aromatic heterocycles. The largest absolute Gasteiger partial charge is 0.490 e. The van der Waals surface area contributed by atoms with E-state index in [0.29, 0.717) is 6.04 Å². The maximum atomic E-state index is 10.6. The number of carboxylic acids is 3. The number of ether oxygens (including phenoxy) is 1. The highest BCUT2D eigenvalue weighted by molar-refractivity contribution is 5.73. The van der Waals surface area contributed by atoms with Gasteiger partial charge in [-0.05, 0) is 44.5 Å². The fourth-order valence-corrected chi connectivity index (χ4v) is 4.31. The number of aliphatic carboxylic acids is 3. The number of hydrogen-bond donors (Lipinski definition) is 4. The minimum Gasteiger partial charge on any atom is -0.487 e. The highest BCUT2D eigenvalue weighted by Crippen LogP contribution is 2.44. The zero-order valence-electron chi connectivity index (χ0n) is 24.8. The van der Waals surface area contributed by atoms with Crippen molar-refractivity contribution in [3.8, 4) is 5.75 Å². The molecule has 1 aromatic carbocycles. The zero-order valence-corrected chi connectivity index (χ0v) is 24.8. The third-order valence-corrected chi connectivity index (χ3v) is 6.61. The maximum Gasteiger partial charge on any atom is 0.490 e. The molecule has 4 N–H and O–H groups in total. The van der Waals surface area contributed by atoms with Crippen LogP contribution in [-0.2, 0) is 20.9 Å². The summed E-state index contributed by atoms with van der Waals surface area (Å²) in [4.78, 5) is 33.8. The second-order valence-electron chi connectivity index (χ2n) is 10.1. The van der Waals surface area contributed by atoms with Crippen LogP contribution in [0.15, 0.2) is 42.5 Å². The summed E-state index contributed by atoms with van der Waals surface area (Å²) in [5.41, 5.74) is 3.42. The van der Waals surface area contributed by atoms with Crippen LogP contribution in [0, 0.1) is 6.92 Å². The van der Waals surface area contributed by atoms with Crippen LogP contribution in [0.25, 0.3) is 0 Å². The summed E-state index contributed by atoms with van der Waals surface area (Å²) in [6, 6.07) is 15.1. The average molecular weight is 694 g/mol. The van der Waals surface area contributed by atoms with Crippen molar-refractivity contribution in [2.75, 3.05) is 19.6 Å². The first-order valence-corrected chi connectivity index (χ1v) is 13.6. The van der Waals surface area contributed by atoms with Gasteiger partial charge in [-0.3, -0.25) is 4.98 Å². The molecule has 0 aliphatic carbocycles. The highest BCUT2D eigenvalue weighted by Gasteiger charge is 2.43. The number of hydrogen-bond acceptors (Lipinski definition) is 7. The molecule has 4 rings (SSSR count). The van der Waals surface area contributed by atoms with Crippen LogP contribution in [0.1, 0.15) is 49.2 Å². The number of nitrogens with one attached hydrogen (secondary N) is 1. The van der Waals surface area contributed by atoms with Crippen molar-refractivity contribution in [3.63, 3.8) is 0 Å². The van der Waals surface area contributed by atoms with E-state index < -0.39 is 36.4 Å². The second-order valence-corrected chi connectivity index (χ2v) is 10.1. The lowest BCUT2D eigenvalue weighted by atomic mass is 9.80. The number of piperidine rings is 1. The number of aryl methyl sites for hydroxylation is 1. The number of likely N-dealkylation sites (tertiary alicyclic amines) is 1. The number of halogens is 9. The Kier molecular flexibility index (Phi) is 14.9. The first-order chi connectivity index (χ1) is 21.5. The Bertz CT molecular complexity index is 1270. The number of benzene rings is 1.